The van der Waals surface area contributed by atoms with Crippen LogP contribution in [0.5, 0.6) is 0 Å². The lowest BCUT2D eigenvalue weighted by Crippen LogP contribution is -2.48. The molecule has 2 fully saturated rings. The summed E-state index contributed by atoms with van der Waals surface area (Å²) in [5.41, 5.74) is 0. The van der Waals surface area contributed by atoms with E-state index in [0.717, 1.165) is 32.4 Å². The lowest BCUT2D eigenvalue weighted by molar-refractivity contribution is -0.131. The summed E-state index contributed by atoms with van der Waals surface area (Å²) in [6.45, 7) is 4.54. The Kier molecular flexibility index (Phi) is 4.84. The Hall–Kier alpha value is -0.620. The molecule has 0 aliphatic carbocycles. The van der Waals surface area contributed by atoms with Gasteiger partial charge in [0.2, 0.25) is 5.91 Å². The monoisotopic (exact) mass is 288 g/mol. The molecule has 0 spiro atoms. The Morgan fingerprint density at radius 2 is 2.00 bits per heavy atom. The Labute approximate surface area is 115 Å². The van der Waals surface area contributed by atoms with Gasteiger partial charge in [0.25, 0.3) is 0 Å². The molecule has 2 aliphatic rings. The van der Waals surface area contributed by atoms with Crippen molar-refractivity contribution in [2.45, 2.75) is 37.9 Å². The van der Waals surface area contributed by atoms with E-state index in [0.29, 0.717) is 25.4 Å². The van der Waals surface area contributed by atoms with Crippen molar-refractivity contribution in [1.29, 1.82) is 0 Å². The molecular weight excluding hydrogens is 264 g/mol. The zero-order valence-electron chi connectivity index (χ0n) is 11.6. The van der Waals surface area contributed by atoms with Crippen LogP contribution < -0.4 is 5.32 Å². The van der Waals surface area contributed by atoms with E-state index in [1.807, 2.05) is 0 Å². The minimum absolute atomic E-state index is 0.118. The summed E-state index contributed by atoms with van der Waals surface area (Å²) in [5, 5.41) is 2.91. The van der Waals surface area contributed by atoms with Crippen molar-refractivity contribution in [3.8, 4) is 0 Å². The molecule has 6 heteroatoms. The summed E-state index contributed by atoms with van der Waals surface area (Å²) in [6, 6.07) is 0. The van der Waals surface area contributed by atoms with Gasteiger partial charge in [0.15, 0.2) is 9.84 Å². The van der Waals surface area contributed by atoms with E-state index in [1.54, 1.807) is 11.8 Å². The van der Waals surface area contributed by atoms with E-state index < -0.39 is 15.1 Å². The van der Waals surface area contributed by atoms with Gasteiger partial charge in [0, 0.05) is 19.5 Å². The smallest absolute Gasteiger partial charge is 0.222 e. The molecule has 1 unspecified atom stereocenters. The van der Waals surface area contributed by atoms with Gasteiger partial charge in [-0.15, -0.1) is 0 Å². The van der Waals surface area contributed by atoms with Gasteiger partial charge >= 0.3 is 0 Å². The molecule has 2 aliphatic heterocycles. The Bertz CT molecular complexity index is 416. The maximum atomic E-state index is 12.1. The third kappa shape index (κ3) is 3.92. The number of sulfone groups is 1. The summed E-state index contributed by atoms with van der Waals surface area (Å²) in [4.78, 5) is 13.8. The van der Waals surface area contributed by atoms with E-state index in [1.165, 1.54) is 0 Å². The first-order valence-corrected chi connectivity index (χ1v) is 8.90. The fourth-order valence-corrected chi connectivity index (χ4v) is 4.12. The molecular formula is C13H24N2O3S. The second-order valence-electron chi connectivity index (χ2n) is 5.75. The number of nitrogens with zero attached hydrogens (tertiary/aromatic N) is 1. The number of hydrogen-bond donors (Lipinski definition) is 1. The molecule has 0 aromatic carbocycles. The summed E-state index contributed by atoms with van der Waals surface area (Å²) in [7, 11) is -2.97. The van der Waals surface area contributed by atoms with Gasteiger partial charge in [-0.1, -0.05) is 0 Å². The van der Waals surface area contributed by atoms with E-state index in [4.69, 9.17) is 0 Å². The van der Waals surface area contributed by atoms with Crippen LogP contribution in [0, 0.1) is 5.92 Å². The summed E-state index contributed by atoms with van der Waals surface area (Å²) < 4.78 is 23.2. The Morgan fingerprint density at radius 1 is 1.32 bits per heavy atom. The molecule has 0 radical (unpaired) electrons. The van der Waals surface area contributed by atoms with Crippen molar-refractivity contribution in [3.63, 3.8) is 0 Å². The number of piperidine rings is 1. The topological polar surface area (TPSA) is 66.5 Å². The number of amides is 1. The molecule has 1 N–H and O–H groups in total. The average Bonchev–Trinajstić information content (AvgIpc) is 2.40. The van der Waals surface area contributed by atoms with Gasteiger partial charge in [0.1, 0.15) is 0 Å². The maximum absolute atomic E-state index is 12.1. The second-order valence-corrected chi connectivity index (χ2v) is 8.29. The summed E-state index contributed by atoms with van der Waals surface area (Å²) in [5.74, 6) is 0.893. The largest absolute Gasteiger partial charge is 0.340 e. The van der Waals surface area contributed by atoms with Gasteiger partial charge in [-0.3, -0.25) is 4.79 Å². The SMILES string of the molecule is CC1CN(C(=O)CCC2CCNCC2)CCS1(=O)=O. The predicted molar refractivity (Wildman–Crippen MR) is 74.7 cm³/mol. The van der Waals surface area contributed by atoms with Crippen LogP contribution >= 0.6 is 0 Å². The molecule has 19 heavy (non-hydrogen) atoms. The minimum Gasteiger partial charge on any atom is -0.340 e. The zero-order valence-corrected chi connectivity index (χ0v) is 12.4. The summed E-state index contributed by atoms with van der Waals surface area (Å²) >= 11 is 0. The van der Waals surface area contributed by atoms with Crippen LogP contribution in [-0.2, 0) is 14.6 Å². The van der Waals surface area contributed by atoms with Crippen LogP contribution in [0.25, 0.3) is 0 Å². The molecule has 2 saturated heterocycles. The van der Waals surface area contributed by atoms with Crippen LogP contribution in [0.2, 0.25) is 0 Å². The quantitative estimate of drug-likeness (QED) is 0.817. The maximum Gasteiger partial charge on any atom is 0.222 e. The molecule has 0 aromatic heterocycles. The van der Waals surface area contributed by atoms with E-state index in [9.17, 15) is 13.2 Å². The third-order valence-corrected chi connectivity index (χ3v) is 6.44. The summed E-state index contributed by atoms with van der Waals surface area (Å²) in [6.07, 6.45) is 3.81. The molecule has 5 nitrogen and oxygen atoms in total. The lowest BCUT2D eigenvalue weighted by atomic mass is 9.93. The molecule has 110 valence electrons. The third-order valence-electron chi connectivity index (χ3n) is 4.31. The molecule has 2 rings (SSSR count). The van der Waals surface area contributed by atoms with Crippen molar-refractivity contribution in [1.82, 2.24) is 10.2 Å². The van der Waals surface area contributed by atoms with Crippen molar-refractivity contribution in [2.24, 2.45) is 5.92 Å². The number of hydrogen-bond acceptors (Lipinski definition) is 4. The Balaban J connectivity index is 1.77. The Morgan fingerprint density at radius 3 is 2.63 bits per heavy atom. The normalized spacial score (nSPS) is 28.3. The van der Waals surface area contributed by atoms with Crippen molar-refractivity contribution in [3.05, 3.63) is 0 Å². The van der Waals surface area contributed by atoms with Crippen LogP contribution in [-0.4, -0.2) is 56.4 Å². The highest BCUT2D eigenvalue weighted by molar-refractivity contribution is 7.92. The van der Waals surface area contributed by atoms with Crippen LogP contribution in [0.1, 0.15) is 32.6 Å². The van der Waals surface area contributed by atoms with Gasteiger partial charge in [-0.05, 0) is 45.2 Å². The van der Waals surface area contributed by atoms with Gasteiger partial charge < -0.3 is 10.2 Å². The molecule has 1 amide bonds. The number of carbonyl (C=O) groups excluding carboxylic acids is 1. The fraction of sp³-hybridized carbons (Fsp3) is 0.923. The van der Waals surface area contributed by atoms with E-state index in [-0.39, 0.29) is 11.7 Å². The minimum atomic E-state index is -2.97. The van der Waals surface area contributed by atoms with E-state index in [2.05, 4.69) is 5.32 Å². The first-order chi connectivity index (χ1) is 8.99. The molecule has 1 atom stereocenters. The zero-order chi connectivity index (χ0) is 13.9. The highest BCUT2D eigenvalue weighted by Crippen LogP contribution is 2.19. The lowest BCUT2D eigenvalue weighted by Gasteiger charge is -2.31. The highest BCUT2D eigenvalue weighted by Gasteiger charge is 2.31. The fourth-order valence-electron chi connectivity index (χ4n) is 2.84. The number of carbonyl (C=O) groups is 1. The van der Waals surface area contributed by atoms with Gasteiger partial charge in [0.05, 0.1) is 11.0 Å². The van der Waals surface area contributed by atoms with Crippen LogP contribution in [0.3, 0.4) is 0 Å². The first-order valence-electron chi connectivity index (χ1n) is 7.19. The average molecular weight is 288 g/mol. The van der Waals surface area contributed by atoms with Crippen molar-refractivity contribution < 1.29 is 13.2 Å². The molecule has 0 saturated carbocycles. The number of nitrogens with one attached hydrogen (secondary N) is 1. The standard InChI is InChI=1S/C13H24N2O3S/c1-11-10-15(8-9-19(11,17)18)13(16)3-2-12-4-6-14-7-5-12/h11-12,14H,2-10H2,1H3. The van der Waals surface area contributed by atoms with Crippen molar-refractivity contribution in [2.75, 3.05) is 31.9 Å². The number of rotatable bonds is 3. The van der Waals surface area contributed by atoms with Crippen LogP contribution in [0.15, 0.2) is 0 Å². The molecule has 2 heterocycles. The molecule has 0 bridgehead atoms. The predicted octanol–water partition coefficient (Wildman–Crippen LogP) is 0.412. The van der Waals surface area contributed by atoms with Gasteiger partial charge in [-0.2, -0.15) is 0 Å². The highest BCUT2D eigenvalue weighted by atomic mass is 32.2. The van der Waals surface area contributed by atoms with Gasteiger partial charge in [-0.25, -0.2) is 8.42 Å². The van der Waals surface area contributed by atoms with Crippen LogP contribution in [0.4, 0.5) is 0 Å². The second kappa shape index (κ2) is 6.22. The van der Waals surface area contributed by atoms with E-state index >= 15 is 0 Å². The first kappa shape index (κ1) is 14.8. The molecule has 0 aromatic rings. The van der Waals surface area contributed by atoms with Crippen molar-refractivity contribution >= 4 is 15.7 Å².